The molecule has 2 rings (SSSR count). The Balaban J connectivity index is 2.44. The Kier molecular flexibility index (Phi) is 7.37. The van der Waals surface area contributed by atoms with Crippen molar-refractivity contribution < 1.29 is 38.8 Å². The van der Waals surface area contributed by atoms with Gasteiger partial charge in [-0.05, 0) is 38.3 Å². The molecule has 29 heavy (non-hydrogen) atoms. The maximum atomic E-state index is 12.4. The Hall–Kier alpha value is -2.45. The lowest BCUT2D eigenvalue weighted by Crippen LogP contribution is -2.44. The van der Waals surface area contributed by atoms with Crippen LogP contribution in [0.25, 0.3) is 0 Å². The number of hydrogen-bond acceptors (Lipinski definition) is 8. The second kappa shape index (κ2) is 9.37. The number of esters is 3. The van der Waals surface area contributed by atoms with Crippen LogP contribution >= 0.6 is 0 Å². The molecule has 8 heteroatoms. The fourth-order valence-corrected chi connectivity index (χ4v) is 3.29. The van der Waals surface area contributed by atoms with Crippen molar-refractivity contribution in [1.29, 1.82) is 0 Å². The lowest BCUT2D eigenvalue weighted by Gasteiger charge is -2.29. The van der Waals surface area contributed by atoms with Crippen LogP contribution in [0.4, 0.5) is 0 Å². The summed E-state index contributed by atoms with van der Waals surface area (Å²) in [5, 5.41) is 19.3. The molecule has 160 valence electrons. The molecule has 2 aliphatic rings. The van der Waals surface area contributed by atoms with Gasteiger partial charge in [0.15, 0.2) is 5.60 Å². The maximum absolute atomic E-state index is 12.4. The minimum Gasteiger partial charge on any atom is -0.461 e. The average molecular weight is 408 g/mol. The minimum absolute atomic E-state index is 0.00529. The zero-order valence-electron chi connectivity index (χ0n) is 17.0. The molecule has 1 saturated heterocycles. The summed E-state index contributed by atoms with van der Waals surface area (Å²) >= 11 is 0. The highest BCUT2D eigenvalue weighted by molar-refractivity contribution is 5.91. The van der Waals surface area contributed by atoms with Gasteiger partial charge in [-0.25, -0.2) is 9.59 Å². The molecule has 1 heterocycles. The van der Waals surface area contributed by atoms with Crippen molar-refractivity contribution >= 4 is 17.9 Å². The van der Waals surface area contributed by atoms with E-state index in [9.17, 15) is 24.6 Å². The molecule has 0 aromatic carbocycles. The molecule has 1 aliphatic carbocycles. The molecule has 0 aromatic heterocycles. The summed E-state index contributed by atoms with van der Waals surface area (Å²) in [5.41, 5.74) is -0.245. The van der Waals surface area contributed by atoms with Crippen LogP contribution < -0.4 is 0 Å². The molecular weight excluding hydrogens is 380 g/mol. The van der Waals surface area contributed by atoms with E-state index in [1.807, 2.05) is 13.0 Å². The maximum Gasteiger partial charge on any atom is 0.340 e. The van der Waals surface area contributed by atoms with Crippen LogP contribution in [0.5, 0.6) is 0 Å². The summed E-state index contributed by atoms with van der Waals surface area (Å²) in [6.07, 6.45) is 3.73. The monoisotopic (exact) mass is 408 g/mol. The van der Waals surface area contributed by atoms with Crippen LogP contribution in [0.15, 0.2) is 35.5 Å². The van der Waals surface area contributed by atoms with Crippen LogP contribution in [-0.4, -0.2) is 59.1 Å². The summed E-state index contributed by atoms with van der Waals surface area (Å²) in [7, 11) is 0. The molecule has 8 nitrogen and oxygen atoms in total. The van der Waals surface area contributed by atoms with Crippen molar-refractivity contribution in [3.8, 4) is 0 Å². The Bertz CT molecular complexity index is 746. The van der Waals surface area contributed by atoms with Crippen LogP contribution in [0, 0.1) is 5.92 Å². The number of aliphatic hydroxyl groups is 2. The van der Waals surface area contributed by atoms with Gasteiger partial charge >= 0.3 is 17.9 Å². The lowest BCUT2D eigenvalue weighted by molar-refractivity contribution is -0.173. The molecule has 1 aliphatic heterocycles. The largest absolute Gasteiger partial charge is 0.461 e. The SMILES string of the molecule is C=C1C(=O)O[C@H]2C/C(C)=C\CC/C(COC(C)=O)=C\[C@@H](OC(=O)[C@@](C)(O)CO)[C@@H]12. The van der Waals surface area contributed by atoms with Crippen molar-refractivity contribution in [2.24, 2.45) is 5.92 Å². The van der Waals surface area contributed by atoms with Gasteiger partial charge in [0.05, 0.1) is 12.5 Å². The third kappa shape index (κ3) is 5.77. The highest BCUT2D eigenvalue weighted by Gasteiger charge is 2.46. The highest BCUT2D eigenvalue weighted by Crippen LogP contribution is 2.37. The topological polar surface area (TPSA) is 119 Å². The average Bonchev–Trinajstić information content (AvgIpc) is 2.91. The summed E-state index contributed by atoms with van der Waals surface area (Å²) in [4.78, 5) is 35.8. The first-order chi connectivity index (χ1) is 13.5. The summed E-state index contributed by atoms with van der Waals surface area (Å²) in [6, 6.07) is 0. The van der Waals surface area contributed by atoms with E-state index in [4.69, 9.17) is 14.2 Å². The normalized spacial score (nSPS) is 30.6. The second-order valence-electron chi connectivity index (χ2n) is 7.70. The van der Waals surface area contributed by atoms with Gasteiger partial charge in [-0.15, -0.1) is 0 Å². The molecule has 1 fully saturated rings. The van der Waals surface area contributed by atoms with Crippen molar-refractivity contribution in [3.63, 3.8) is 0 Å². The fourth-order valence-electron chi connectivity index (χ4n) is 3.29. The van der Waals surface area contributed by atoms with Crippen molar-refractivity contribution in [2.45, 2.75) is 57.8 Å². The Morgan fingerprint density at radius 3 is 2.72 bits per heavy atom. The van der Waals surface area contributed by atoms with Crippen LogP contribution in [0.3, 0.4) is 0 Å². The molecule has 0 bridgehead atoms. The van der Waals surface area contributed by atoms with E-state index < -0.39 is 48.2 Å². The number of hydrogen-bond donors (Lipinski definition) is 2. The number of ether oxygens (including phenoxy) is 3. The number of carbonyl (C=O) groups excluding carboxylic acids is 3. The van der Waals surface area contributed by atoms with E-state index in [2.05, 4.69) is 6.58 Å². The Morgan fingerprint density at radius 1 is 1.41 bits per heavy atom. The fraction of sp³-hybridized carbons (Fsp3) is 0.571. The molecule has 0 saturated carbocycles. The molecular formula is C21H28O8. The number of allylic oxidation sites excluding steroid dienone is 1. The molecule has 4 atom stereocenters. The van der Waals surface area contributed by atoms with Crippen LogP contribution in [-0.2, 0) is 28.6 Å². The summed E-state index contributed by atoms with van der Waals surface area (Å²) in [6.45, 7) is 7.32. The smallest absolute Gasteiger partial charge is 0.340 e. The minimum atomic E-state index is -2.10. The lowest BCUT2D eigenvalue weighted by atomic mass is 9.85. The van der Waals surface area contributed by atoms with E-state index in [0.29, 0.717) is 24.8 Å². The van der Waals surface area contributed by atoms with Gasteiger partial charge in [0.2, 0.25) is 0 Å². The van der Waals surface area contributed by atoms with E-state index in [-0.39, 0.29) is 12.2 Å². The van der Waals surface area contributed by atoms with E-state index in [1.165, 1.54) is 6.92 Å². The number of carbonyl (C=O) groups is 3. The van der Waals surface area contributed by atoms with E-state index in [1.54, 1.807) is 6.08 Å². The van der Waals surface area contributed by atoms with Gasteiger partial charge in [-0.2, -0.15) is 0 Å². The first-order valence-corrected chi connectivity index (χ1v) is 9.47. The Morgan fingerprint density at radius 2 is 2.10 bits per heavy atom. The molecule has 2 N–H and O–H groups in total. The number of fused-ring (bicyclic) bond motifs is 1. The number of rotatable bonds is 5. The third-order valence-electron chi connectivity index (χ3n) is 5.01. The molecule has 0 unspecified atom stereocenters. The van der Waals surface area contributed by atoms with Crippen molar-refractivity contribution in [3.05, 3.63) is 35.5 Å². The second-order valence-corrected chi connectivity index (χ2v) is 7.70. The highest BCUT2D eigenvalue weighted by atomic mass is 16.6. The van der Waals surface area contributed by atoms with Crippen molar-refractivity contribution in [1.82, 2.24) is 0 Å². The number of aliphatic hydroxyl groups excluding tert-OH is 1. The zero-order valence-corrected chi connectivity index (χ0v) is 17.0. The van der Waals surface area contributed by atoms with E-state index >= 15 is 0 Å². The van der Waals surface area contributed by atoms with E-state index in [0.717, 1.165) is 12.5 Å². The van der Waals surface area contributed by atoms with Crippen LogP contribution in [0.1, 0.15) is 40.0 Å². The predicted octanol–water partition coefficient (Wildman–Crippen LogP) is 1.36. The van der Waals surface area contributed by atoms with Gasteiger partial charge in [-0.1, -0.05) is 18.2 Å². The molecule has 0 amide bonds. The first-order valence-electron chi connectivity index (χ1n) is 9.47. The van der Waals surface area contributed by atoms with Crippen molar-refractivity contribution in [2.75, 3.05) is 13.2 Å². The van der Waals surface area contributed by atoms with Crippen LogP contribution in [0.2, 0.25) is 0 Å². The zero-order chi connectivity index (χ0) is 21.8. The van der Waals surface area contributed by atoms with Gasteiger partial charge in [0.25, 0.3) is 0 Å². The standard InChI is InChI=1S/C21H28O8/c1-12-6-5-7-15(10-27-14(3)23)9-17(29-20(25)21(4,26)11-22)18-13(2)19(24)28-16(18)8-12/h6,9,16-18,22,26H,2,5,7-8,10-11H2,1,3-4H3/b12-6-,15-9+/t16-,17+,18-,21-/m0/s1. The molecule has 0 aromatic rings. The Labute approximate surface area is 169 Å². The van der Waals surface area contributed by atoms with Gasteiger partial charge in [-0.3, -0.25) is 4.79 Å². The third-order valence-corrected chi connectivity index (χ3v) is 5.01. The van der Waals surface area contributed by atoms with Gasteiger partial charge in [0, 0.05) is 18.9 Å². The molecule has 0 radical (unpaired) electrons. The first kappa shape index (κ1) is 22.8. The predicted molar refractivity (Wildman–Crippen MR) is 102 cm³/mol. The van der Waals surface area contributed by atoms with Gasteiger partial charge < -0.3 is 24.4 Å². The quantitative estimate of drug-likeness (QED) is 0.303. The summed E-state index contributed by atoms with van der Waals surface area (Å²) < 4.78 is 16.0. The molecule has 0 spiro atoms. The van der Waals surface area contributed by atoms with Gasteiger partial charge in [0.1, 0.15) is 18.8 Å². The summed E-state index contributed by atoms with van der Waals surface area (Å²) in [5.74, 6) is -2.73.